The Hall–Kier alpha value is -0.160. The first-order valence-corrected chi connectivity index (χ1v) is 6.38. The van der Waals surface area contributed by atoms with Crippen LogP contribution in [0.25, 0.3) is 0 Å². The van der Waals surface area contributed by atoms with Gasteiger partial charge in [0.2, 0.25) is 0 Å². The second kappa shape index (κ2) is 4.78. The molecule has 1 fully saturated rings. The van der Waals surface area contributed by atoms with Gasteiger partial charge < -0.3 is 5.11 Å². The van der Waals surface area contributed by atoms with E-state index in [4.69, 9.17) is 11.6 Å². The Bertz CT molecular complexity index is 331. The van der Waals surface area contributed by atoms with Crippen molar-refractivity contribution in [1.29, 1.82) is 0 Å². The van der Waals surface area contributed by atoms with Crippen molar-refractivity contribution >= 4 is 22.9 Å². The summed E-state index contributed by atoms with van der Waals surface area (Å²) in [6, 6.07) is 0.236. The molecule has 84 valence electrons. The van der Waals surface area contributed by atoms with Gasteiger partial charge in [-0.05, 0) is 26.3 Å². The van der Waals surface area contributed by atoms with Crippen LogP contribution in [0.3, 0.4) is 0 Å². The molecule has 0 saturated carbocycles. The van der Waals surface area contributed by atoms with Crippen LogP contribution < -0.4 is 0 Å². The molecular formula is C10H15ClN2OS. The summed E-state index contributed by atoms with van der Waals surface area (Å²) >= 11 is 7.30. The van der Waals surface area contributed by atoms with Crippen molar-refractivity contribution in [2.75, 3.05) is 6.54 Å². The standard InChI is InChI=1S/C10H15ClN2OS/c1-7-9(14)3-2-4-13(7)6-8-5-12-10(11)15-8/h5,7,9,14H,2-4,6H2,1H3. The monoisotopic (exact) mass is 246 g/mol. The molecule has 0 amide bonds. The number of thiazole rings is 1. The largest absolute Gasteiger partial charge is 0.392 e. The van der Waals surface area contributed by atoms with Crippen molar-refractivity contribution in [3.63, 3.8) is 0 Å². The van der Waals surface area contributed by atoms with Crippen LogP contribution in [0.15, 0.2) is 6.20 Å². The van der Waals surface area contributed by atoms with E-state index in [1.807, 2.05) is 6.20 Å². The van der Waals surface area contributed by atoms with Gasteiger partial charge in [0.1, 0.15) is 0 Å². The summed E-state index contributed by atoms with van der Waals surface area (Å²) in [5.41, 5.74) is 0. The lowest BCUT2D eigenvalue weighted by atomic mass is 10.0. The minimum absolute atomic E-state index is 0.192. The van der Waals surface area contributed by atoms with Crippen LogP contribution in [0.5, 0.6) is 0 Å². The molecule has 1 aromatic rings. The molecule has 2 unspecified atom stereocenters. The number of likely N-dealkylation sites (tertiary alicyclic amines) is 1. The molecule has 1 aromatic heterocycles. The third kappa shape index (κ3) is 2.69. The molecule has 2 atom stereocenters. The number of aliphatic hydroxyl groups is 1. The van der Waals surface area contributed by atoms with Crippen molar-refractivity contribution in [3.05, 3.63) is 15.5 Å². The molecule has 2 rings (SSSR count). The van der Waals surface area contributed by atoms with E-state index in [1.54, 1.807) is 0 Å². The van der Waals surface area contributed by atoms with Crippen molar-refractivity contribution in [1.82, 2.24) is 9.88 Å². The number of aliphatic hydroxyl groups excluding tert-OH is 1. The molecule has 2 heterocycles. The molecule has 0 spiro atoms. The van der Waals surface area contributed by atoms with Gasteiger partial charge in [-0.15, -0.1) is 11.3 Å². The van der Waals surface area contributed by atoms with E-state index in [0.717, 1.165) is 25.9 Å². The fraction of sp³-hybridized carbons (Fsp3) is 0.700. The zero-order valence-electron chi connectivity index (χ0n) is 8.69. The molecule has 1 N–H and O–H groups in total. The minimum Gasteiger partial charge on any atom is -0.392 e. The number of halogens is 1. The first-order chi connectivity index (χ1) is 7.16. The molecule has 0 radical (unpaired) electrons. The molecule has 1 saturated heterocycles. The van der Waals surface area contributed by atoms with Crippen LogP contribution in [0.1, 0.15) is 24.6 Å². The van der Waals surface area contributed by atoms with Crippen molar-refractivity contribution < 1.29 is 5.11 Å². The lowest BCUT2D eigenvalue weighted by Gasteiger charge is -2.36. The number of rotatable bonds is 2. The zero-order chi connectivity index (χ0) is 10.8. The van der Waals surface area contributed by atoms with Gasteiger partial charge in [0.05, 0.1) is 6.10 Å². The SMILES string of the molecule is CC1C(O)CCCN1Cc1cnc(Cl)s1. The van der Waals surface area contributed by atoms with Gasteiger partial charge in [0.25, 0.3) is 0 Å². The molecule has 3 nitrogen and oxygen atoms in total. The van der Waals surface area contributed by atoms with E-state index >= 15 is 0 Å². The highest BCUT2D eigenvalue weighted by Gasteiger charge is 2.26. The van der Waals surface area contributed by atoms with E-state index in [9.17, 15) is 5.11 Å². The van der Waals surface area contributed by atoms with Crippen molar-refractivity contribution in [2.24, 2.45) is 0 Å². The lowest BCUT2D eigenvalue weighted by molar-refractivity contribution is 0.0162. The Morgan fingerprint density at radius 2 is 2.53 bits per heavy atom. The Kier molecular flexibility index (Phi) is 3.61. The summed E-state index contributed by atoms with van der Waals surface area (Å²) in [6.45, 7) is 3.98. The number of nitrogens with zero attached hydrogens (tertiary/aromatic N) is 2. The van der Waals surface area contributed by atoms with Crippen molar-refractivity contribution in [3.8, 4) is 0 Å². The summed E-state index contributed by atoms with van der Waals surface area (Å²) in [4.78, 5) is 7.48. The third-order valence-corrected chi connectivity index (χ3v) is 4.06. The smallest absolute Gasteiger partial charge is 0.183 e. The summed E-state index contributed by atoms with van der Waals surface area (Å²) < 4.78 is 0.593. The van der Waals surface area contributed by atoms with Gasteiger partial charge in [0.15, 0.2) is 4.47 Å². The number of piperidine rings is 1. The normalized spacial score (nSPS) is 28.2. The van der Waals surface area contributed by atoms with Gasteiger partial charge in [-0.25, -0.2) is 4.98 Å². The average molecular weight is 247 g/mol. The summed E-state index contributed by atoms with van der Waals surface area (Å²) in [7, 11) is 0. The second-order valence-corrected chi connectivity index (χ2v) is 5.70. The average Bonchev–Trinajstić information content (AvgIpc) is 2.59. The van der Waals surface area contributed by atoms with Gasteiger partial charge in [-0.3, -0.25) is 4.90 Å². The Balaban J connectivity index is 1.99. The van der Waals surface area contributed by atoms with Crippen LogP contribution in [-0.2, 0) is 6.54 Å². The van der Waals surface area contributed by atoms with Crippen molar-refractivity contribution in [2.45, 2.75) is 38.5 Å². The summed E-state index contributed by atoms with van der Waals surface area (Å²) in [5, 5.41) is 9.75. The maximum absolute atomic E-state index is 9.75. The van der Waals surface area contributed by atoms with E-state index in [0.29, 0.717) is 4.47 Å². The highest BCUT2D eigenvalue weighted by atomic mass is 35.5. The first kappa shape index (κ1) is 11.3. The van der Waals surface area contributed by atoms with Gasteiger partial charge >= 0.3 is 0 Å². The van der Waals surface area contributed by atoms with Crippen LogP contribution in [-0.4, -0.2) is 33.7 Å². The topological polar surface area (TPSA) is 36.4 Å². The predicted molar refractivity (Wildman–Crippen MR) is 62.2 cm³/mol. The highest BCUT2D eigenvalue weighted by molar-refractivity contribution is 7.15. The molecule has 0 aliphatic carbocycles. The fourth-order valence-electron chi connectivity index (χ4n) is 1.97. The quantitative estimate of drug-likeness (QED) is 0.869. The van der Waals surface area contributed by atoms with Crippen LogP contribution >= 0.6 is 22.9 Å². The molecule has 0 aromatic carbocycles. The number of hydrogen-bond acceptors (Lipinski definition) is 4. The molecule has 0 bridgehead atoms. The second-order valence-electron chi connectivity index (χ2n) is 4.00. The van der Waals surface area contributed by atoms with Gasteiger partial charge in [-0.1, -0.05) is 11.6 Å². The Morgan fingerprint density at radius 3 is 3.20 bits per heavy atom. The van der Waals surface area contributed by atoms with E-state index in [-0.39, 0.29) is 12.1 Å². The fourth-order valence-corrected chi connectivity index (χ4v) is 2.98. The molecule has 5 heteroatoms. The summed E-state index contributed by atoms with van der Waals surface area (Å²) in [6.07, 6.45) is 3.61. The number of aromatic nitrogens is 1. The first-order valence-electron chi connectivity index (χ1n) is 5.19. The maximum atomic E-state index is 9.75. The molecule has 15 heavy (non-hydrogen) atoms. The third-order valence-electron chi connectivity index (χ3n) is 2.96. The van der Waals surface area contributed by atoms with Crippen LogP contribution in [0, 0.1) is 0 Å². The predicted octanol–water partition coefficient (Wildman–Crippen LogP) is 2.14. The Labute approximate surface area is 98.7 Å². The van der Waals surface area contributed by atoms with E-state index in [2.05, 4.69) is 16.8 Å². The van der Waals surface area contributed by atoms with Gasteiger partial charge in [0, 0.05) is 23.7 Å². The number of hydrogen-bond donors (Lipinski definition) is 1. The summed E-state index contributed by atoms with van der Waals surface area (Å²) in [5.74, 6) is 0. The zero-order valence-corrected chi connectivity index (χ0v) is 10.3. The van der Waals surface area contributed by atoms with E-state index < -0.39 is 0 Å². The molecule has 1 aliphatic rings. The minimum atomic E-state index is -0.192. The maximum Gasteiger partial charge on any atom is 0.183 e. The van der Waals surface area contributed by atoms with Crippen LogP contribution in [0.2, 0.25) is 4.47 Å². The molecule has 1 aliphatic heterocycles. The lowest BCUT2D eigenvalue weighted by Crippen LogP contribution is -2.45. The van der Waals surface area contributed by atoms with E-state index in [1.165, 1.54) is 16.2 Å². The Morgan fingerprint density at radius 1 is 1.73 bits per heavy atom. The molecular weight excluding hydrogens is 232 g/mol. The van der Waals surface area contributed by atoms with Crippen LogP contribution in [0.4, 0.5) is 0 Å². The highest BCUT2D eigenvalue weighted by Crippen LogP contribution is 2.23. The van der Waals surface area contributed by atoms with Gasteiger partial charge in [-0.2, -0.15) is 0 Å².